The van der Waals surface area contributed by atoms with Crippen LogP contribution in [-0.4, -0.2) is 17.4 Å². The quantitative estimate of drug-likeness (QED) is 0.176. The first-order chi connectivity index (χ1) is 25.8. The van der Waals surface area contributed by atoms with E-state index in [4.69, 9.17) is 14.3 Å². The maximum Gasteiger partial charge on any atom is 0.743 e. The second-order valence-electron chi connectivity index (χ2n) is 13.4. The maximum absolute atomic E-state index is 7.19. The van der Waals surface area contributed by atoms with Gasteiger partial charge in [0.15, 0.2) is 0 Å². The van der Waals surface area contributed by atoms with E-state index in [0.717, 1.165) is 94.6 Å². The fourth-order valence-electron chi connectivity index (χ4n) is 8.17. The van der Waals surface area contributed by atoms with Gasteiger partial charge in [0.25, 0.3) is 0 Å². The number of hydrogen-bond donors (Lipinski definition) is 0. The predicted molar refractivity (Wildman–Crippen MR) is 213 cm³/mol. The summed E-state index contributed by atoms with van der Waals surface area (Å²) in [6.07, 6.45) is 2.24. The predicted octanol–water partition coefficient (Wildman–Crippen LogP) is 11.1. The summed E-state index contributed by atoms with van der Waals surface area (Å²) in [7, 11) is -0.811. The number of aromatic nitrogens is 1. The molecule has 11 rings (SSSR count). The van der Waals surface area contributed by atoms with Crippen molar-refractivity contribution in [3.8, 4) is 33.9 Å². The molecule has 0 amide bonds. The SMILES string of the molecule is C1=C(c2ccccc2)/C2=C(\c3ccccc3)c3c(-c4ccccc4)cc4n3B(Oc3ccc5ccccc5c3C1=N2)Oc1ccc2ccccc2c1-4. The Kier molecular flexibility index (Phi) is 6.31. The minimum absolute atomic E-state index is 0.714. The van der Waals surface area contributed by atoms with Crippen molar-refractivity contribution in [1.82, 2.24) is 4.48 Å². The van der Waals surface area contributed by atoms with E-state index in [-0.39, 0.29) is 0 Å². The Labute approximate surface area is 301 Å². The third-order valence-corrected chi connectivity index (χ3v) is 10.5. The Morgan fingerprint density at radius 3 is 1.69 bits per heavy atom. The fourth-order valence-corrected chi connectivity index (χ4v) is 8.17. The van der Waals surface area contributed by atoms with Gasteiger partial charge < -0.3 is 13.8 Å². The third-order valence-electron chi connectivity index (χ3n) is 10.5. The summed E-state index contributed by atoms with van der Waals surface area (Å²) in [5.41, 5.74) is 12.2. The van der Waals surface area contributed by atoms with Crippen LogP contribution in [0.3, 0.4) is 0 Å². The zero-order chi connectivity index (χ0) is 34.2. The van der Waals surface area contributed by atoms with Crippen LogP contribution < -0.4 is 9.31 Å². The molecule has 3 aliphatic heterocycles. The van der Waals surface area contributed by atoms with Crippen LogP contribution in [0.2, 0.25) is 0 Å². The lowest BCUT2D eigenvalue weighted by molar-refractivity contribution is 0.403. The van der Waals surface area contributed by atoms with E-state index < -0.39 is 7.25 Å². The Bertz CT molecular complexity index is 2840. The zero-order valence-electron chi connectivity index (χ0n) is 28.0. The minimum Gasteiger partial charge on any atom is -0.506 e. The molecule has 5 heteroatoms. The molecule has 4 heterocycles. The highest BCUT2D eigenvalue weighted by Crippen LogP contribution is 2.50. The van der Waals surface area contributed by atoms with Crippen molar-refractivity contribution in [3.05, 3.63) is 204 Å². The average Bonchev–Trinajstić information content (AvgIpc) is 3.82. The van der Waals surface area contributed by atoms with Gasteiger partial charge in [0.2, 0.25) is 0 Å². The molecule has 8 aromatic rings. The summed E-state index contributed by atoms with van der Waals surface area (Å²) in [6, 6.07) is 59.6. The largest absolute Gasteiger partial charge is 0.743 e. The van der Waals surface area contributed by atoms with E-state index in [1.807, 2.05) is 0 Å². The number of rotatable bonds is 3. The molecule has 0 spiro atoms. The molecule has 7 aromatic carbocycles. The Balaban J connectivity index is 1.35. The molecule has 0 unspecified atom stereocenters. The van der Waals surface area contributed by atoms with Crippen LogP contribution in [0.4, 0.5) is 0 Å². The number of nitrogens with zero attached hydrogens (tertiary/aromatic N) is 2. The topological polar surface area (TPSA) is 35.8 Å². The summed E-state index contributed by atoms with van der Waals surface area (Å²) >= 11 is 0. The van der Waals surface area contributed by atoms with Gasteiger partial charge >= 0.3 is 7.25 Å². The monoisotopic (exact) mass is 664 g/mol. The molecule has 52 heavy (non-hydrogen) atoms. The lowest BCUT2D eigenvalue weighted by Crippen LogP contribution is -2.42. The van der Waals surface area contributed by atoms with Gasteiger partial charge in [0.05, 0.1) is 17.1 Å². The van der Waals surface area contributed by atoms with Crippen molar-refractivity contribution < 1.29 is 9.31 Å². The number of fused-ring (bicyclic) bond motifs is 9. The third kappa shape index (κ3) is 4.33. The van der Waals surface area contributed by atoms with Gasteiger partial charge in [-0.3, -0.25) is 0 Å². The number of allylic oxidation sites excluding steroid dienone is 2. The lowest BCUT2D eigenvalue weighted by Gasteiger charge is -2.30. The molecule has 0 saturated heterocycles. The highest BCUT2D eigenvalue weighted by molar-refractivity contribution is 6.48. The van der Waals surface area contributed by atoms with Crippen molar-refractivity contribution in [3.63, 3.8) is 0 Å². The Morgan fingerprint density at radius 2 is 1.04 bits per heavy atom. The summed E-state index contributed by atoms with van der Waals surface area (Å²) in [5.74, 6) is 1.50. The lowest BCUT2D eigenvalue weighted by atomic mass is 9.89. The Hall–Kier alpha value is -6.85. The van der Waals surface area contributed by atoms with Crippen LogP contribution in [0, 0.1) is 0 Å². The Morgan fingerprint density at radius 1 is 0.500 bits per heavy atom. The maximum atomic E-state index is 7.19. The molecule has 3 aliphatic rings. The summed E-state index contributed by atoms with van der Waals surface area (Å²) < 4.78 is 16.5. The molecule has 242 valence electrons. The fraction of sp³-hybridized carbons (Fsp3) is 0. The van der Waals surface area contributed by atoms with Gasteiger partial charge in [-0.15, -0.1) is 0 Å². The molecule has 0 atom stereocenters. The molecule has 0 saturated carbocycles. The van der Waals surface area contributed by atoms with Crippen LogP contribution >= 0.6 is 0 Å². The van der Waals surface area contributed by atoms with Crippen molar-refractivity contribution in [2.75, 3.05) is 0 Å². The molecule has 0 radical (unpaired) electrons. The first kappa shape index (κ1) is 28.9. The molecule has 0 fully saturated rings. The zero-order valence-corrected chi connectivity index (χ0v) is 28.0. The number of aliphatic imine (C=N–C) groups is 1. The highest BCUT2D eigenvalue weighted by atomic mass is 16.6. The van der Waals surface area contributed by atoms with Gasteiger partial charge in [-0.25, -0.2) is 4.99 Å². The van der Waals surface area contributed by atoms with Crippen LogP contribution in [0.15, 0.2) is 187 Å². The molecular weight excluding hydrogens is 635 g/mol. The molecule has 2 bridgehead atoms. The first-order valence-electron chi connectivity index (χ1n) is 17.6. The van der Waals surface area contributed by atoms with Gasteiger partial charge in [-0.2, -0.15) is 0 Å². The second-order valence-corrected chi connectivity index (χ2v) is 13.4. The average molecular weight is 665 g/mol. The molecule has 4 nitrogen and oxygen atoms in total. The van der Waals surface area contributed by atoms with E-state index >= 15 is 0 Å². The number of hydrogen-bond acceptors (Lipinski definition) is 3. The van der Waals surface area contributed by atoms with E-state index in [9.17, 15) is 0 Å². The van der Waals surface area contributed by atoms with Crippen molar-refractivity contribution in [2.45, 2.75) is 0 Å². The van der Waals surface area contributed by atoms with Crippen LogP contribution in [0.1, 0.15) is 22.4 Å². The summed E-state index contributed by atoms with van der Waals surface area (Å²) in [5, 5.41) is 4.47. The highest BCUT2D eigenvalue weighted by Gasteiger charge is 2.43. The number of benzene rings is 7. The molecule has 1 aromatic heterocycles. The van der Waals surface area contributed by atoms with Crippen molar-refractivity contribution in [1.29, 1.82) is 0 Å². The van der Waals surface area contributed by atoms with E-state index in [0.29, 0.717) is 5.75 Å². The van der Waals surface area contributed by atoms with Crippen LogP contribution in [0.5, 0.6) is 11.5 Å². The van der Waals surface area contributed by atoms with Gasteiger partial charge in [-0.1, -0.05) is 152 Å². The van der Waals surface area contributed by atoms with E-state index in [1.165, 1.54) is 0 Å². The first-order valence-corrected chi connectivity index (χ1v) is 17.6. The van der Waals surface area contributed by atoms with E-state index in [2.05, 4.69) is 180 Å². The van der Waals surface area contributed by atoms with Crippen molar-refractivity contribution >= 4 is 45.7 Å². The standard InChI is InChI=1S/C47H29BN2O2/c1-4-14-30(15-5-1)37-28-39-44-35-22-12-10-18-32(35)24-26-41(44)51-48-50-40(45-36-23-13-11-19-33(36)25-27-42(45)52-48)29-38(31-16-6-2-7-17-31)47(50)43(46(37)49-39)34-20-8-3-9-21-34/h1-29H/b46-43-. The molecular formula is C47H29BN2O2. The van der Waals surface area contributed by atoms with Crippen molar-refractivity contribution in [2.24, 2.45) is 4.99 Å². The molecule has 0 aliphatic carbocycles. The smallest absolute Gasteiger partial charge is 0.506 e. The van der Waals surface area contributed by atoms with Gasteiger partial charge in [-0.05, 0) is 62.5 Å². The second kappa shape index (κ2) is 11.3. The van der Waals surface area contributed by atoms with Gasteiger partial charge in [0.1, 0.15) is 11.5 Å². The van der Waals surface area contributed by atoms with Crippen LogP contribution in [-0.2, 0) is 0 Å². The van der Waals surface area contributed by atoms with E-state index in [1.54, 1.807) is 0 Å². The summed E-state index contributed by atoms with van der Waals surface area (Å²) in [6.45, 7) is 0. The normalized spacial score (nSPS) is 15.6. The summed E-state index contributed by atoms with van der Waals surface area (Å²) in [4.78, 5) is 5.63. The molecule has 0 N–H and O–H groups in total. The van der Waals surface area contributed by atoms with Crippen LogP contribution in [0.25, 0.3) is 55.1 Å². The van der Waals surface area contributed by atoms with Gasteiger partial charge in [0, 0.05) is 33.5 Å². The minimum atomic E-state index is -0.811.